The Hall–Kier alpha value is -1.19. The second-order valence-electron chi connectivity index (χ2n) is 2.00. The summed E-state index contributed by atoms with van der Waals surface area (Å²) in [7, 11) is 0. The van der Waals surface area contributed by atoms with E-state index in [1.54, 1.807) is 0 Å². The molecule has 0 atom stereocenters. The minimum Gasteiger partial charge on any atom is -0.289 e. The molecule has 0 fully saturated rings. The molecular formula is C6H15FeN3O6. The number of hydroxylamine groups is 3. The molecule has 0 aromatic heterocycles. The van der Waals surface area contributed by atoms with Gasteiger partial charge in [0.15, 0.2) is 0 Å². The Labute approximate surface area is 103 Å². The maximum Gasteiger partial charge on any atom is 0.240 e. The number of amides is 3. The van der Waals surface area contributed by atoms with Gasteiger partial charge in [-0.2, -0.15) is 0 Å². The van der Waals surface area contributed by atoms with E-state index in [0.29, 0.717) is 0 Å². The van der Waals surface area contributed by atoms with Crippen LogP contribution in [0.2, 0.25) is 0 Å². The van der Waals surface area contributed by atoms with Gasteiger partial charge < -0.3 is 0 Å². The molecule has 0 aromatic carbocycles. The third kappa shape index (κ3) is 77.2. The zero-order valence-corrected chi connectivity index (χ0v) is 10.0. The van der Waals surface area contributed by atoms with Crippen LogP contribution in [0.3, 0.4) is 0 Å². The van der Waals surface area contributed by atoms with Crippen molar-refractivity contribution in [2.75, 3.05) is 0 Å². The van der Waals surface area contributed by atoms with Crippen LogP contribution < -0.4 is 16.4 Å². The standard InChI is InChI=1S/3C2H5NO2.Fe/c3*1-2(4)3-5;/h3*5H,1H3,(H,3,4);. The van der Waals surface area contributed by atoms with Crippen LogP contribution in [0.25, 0.3) is 0 Å². The molecule has 0 rings (SSSR count). The summed E-state index contributed by atoms with van der Waals surface area (Å²) < 4.78 is 0. The number of carbonyl (C=O) groups excluding carboxylic acids is 3. The van der Waals surface area contributed by atoms with Crippen molar-refractivity contribution in [1.82, 2.24) is 16.4 Å². The third-order valence-corrected chi connectivity index (χ3v) is 0.472. The van der Waals surface area contributed by atoms with Crippen LogP contribution >= 0.6 is 0 Å². The van der Waals surface area contributed by atoms with E-state index >= 15 is 0 Å². The SMILES string of the molecule is CC(=O)NO.CC(=O)NO.CC(=O)NO.[Fe]. The minimum atomic E-state index is -0.440. The maximum absolute atomic E-state index is 9.45. The van der Waals surface area contributed by atoms with Gasteiger partial charge in [0.1, 0.15) is 0 Å². The molecule has 98 valence electrons. The fraction of sp³-hybridized carbons (Fsp3) is 0.500. The first-order valence-electron chi connectivity index (χ1n) is 3.53. The average Bonchev–Trinajstić information content (AvgIpc) is 2.19. The third-order valence-electron chi connectivity index (χ3n) is 0.472. The molecule has 6 N–H and O–H groups in total. The van der Waals surface area contributed by atoms with E-state index in [1.807, 2.05) is 0 Å². The average molecular weight is 281 g/mol. The molecule has 0 saturated heterocycles. The van der Waals surface area contributed by atoms with E-state index in [-0.39, 0.29) is 17.1 Å². The summed E-state index contributed by atoms with van der Waals surface area (Å²) in [6.45, 7) is 3.67. The van der Waals surface area contributed by atoms with Gasteiger partial charge in [-0.1, -0.05) is 0 Å². The van der Waals surface area contributed by atoms with Crippen molar-refractivity contribution in [3.63, 3.8) is 0 Å². The smallest absolute Gasteiger partial charge is 0.240 e. The van der Waals surface area contributed by atoms with Gasteiger partial charge >= 0.3 is 0 Å². The first-order valence-corrected chi connectivity index (χ1v) is 3.53. The van der Waals surface area contributed by atoms with Crippen molar-refractivity contribution in [2.24, 2.45) is 0 Å². The van der Waals surface area contributed by atoms with Gasteiger partial charge in [0.2, 0.25) is 17.7 Å². The molecular weight excluding hydrogens is 266 g/mol. The van der Waals surface area contributed by atoms with E-state index in [1.165, 1.54) is 37.2 Å². The van der Waals surface area contributed by atoms with E-state index < -0.39 is 17.7 Å². The molecule has 0 radical (unpaired) electrons. The van der Waals surface area contributed by atoms with Crippen LogP contribution in [-0.4, -0.2) is 33.3 Å². The Kier molecular flexibility index (Phi) is 29.3. The van der Waals surface area contributed by atoms with Gasteiger partial charge in [-0.15, -0.1) is 0 Å². The molecule has 3 amide bonds. The molecule has 0 aliphatic heterocycles. The molecule has 0 unspecified atom stereocenters. The monoisotopic (exact) mass is 281 g/mol. The fourth-order valence-corrected chi connectivity index (χ4v) is 0. The second-order valence-corrected chi connectivity index (χ2v) is 2.00. The van der Waals surface area contributed by atoms with Gasteiger partial charge in [-0.05, 0) is 0 Å². The Bertz CT molecular complexity index is 167. The molecule has 0 bridgehead atoms. The summed E-state index contributed by atoms with van der Waals surface area (Å²) >= 11 is 0. The maximum atomic E-state index is 9.45. The summed E-state index contributed by atoms with van der Waals surface area (Å²) in [6.07, 6.45) is 0. The first-order chi connectivity index (χ1) is 6.81. The zero-order chi connectivity index (χ0) is 12.9. The molecule has 0 heterocycles. The van der Waals surface area contributed by atoms with Crippen molar-refractivity contribution >= 4 is 17.7 Å². The van der Waals surface area contributed by atoms with Gasteiger partial charge in [-0.25, -0.2) is 16.4 Å². The summed E-state index contributed by atoms with van der Waals surface area (Å²) in [5.41, 5.74) is 4.17. The van der Waals surface area contributed by atoms with Crippen molar-refractivity contribution in [2.45, 2.75) is 20.8 Å². The van der Waals surface area contributed by atoms with Crippen molar-refractivity contribution in [3.05, 3.63) is 0 Å². The number of carbonyl (C=O) groups is 3. The van der Waals surface area contributed by atoms with Crippen LogP contribution in [0.4, 0.5) is 0 Å². The number of nitrogens with one attached hydrogen (secondary N) is 3. The quantitative estimate of drug-likeness (QED) is 0.181. The normalized spacial score (nSPS) is 6.38. The summed E-state index contributed by atoms with van der Waals surface area (Å²) in [5, 5.41) is 22.6. The molecule has 10 heteroatoms. The first kappa shape index (κ1) is 24.2. The fourth-order valence-electron chi connectivity index (χ4n) is 0. The van der Waals surface area contributed by atoms with Crippen molar-refractivity contribution < 1.29 is 47.1 Å². The number of hydrogen-bond donors (Lipinski definition) is 6. The van der Waals surface area contributed by atoms with E-state index in [0.717, 1.165) is 0 Å². The van der Waals surface area contributed by atoms with Crippen LogP contribution in [0.15, 0.2) is 0 Å². The minimum absolute atomic E-state index is 0. The Morgan fingerprint density at radius 1 is 0.688 bits per heavy atom. The largest absolute Gasteiger partial charge is 0.289 e. The predicted molar refractivity (Wildman–Crippen MR) is 46.8 cm³/mol. The van der Waals surface area contributed by atoms with E-state index in [9.17, 15) is 14.4 Å². The Morgan fingerprint density at radius 3 is 0.750 bits per heavy atom. The Balaban J connectivity index is -0.0000000655. The van der Waals surface area contributed by atoms with Crippen LogP contribution in [0.1, 0.15) is 20.8 Å². The molecule has 0 spiro atoms. The molecule has 0 aliphatic rings. The van der Waals surface area contributed by atoms with Gasteiger partial charge in [-0.3, -0.25) is 30.0 Å². The number of rotatable bonds is 0. The van der Waals surface area contributed by atoms with Gasteiger partial charge in [0.25, 0.3) is 0 Å². The number of hydrogen-bond acceptors (Lipinski definition) is 6. The zero-order valence-electron chi connectivity index (χ0n) is 8.92. The topological polar surface area (TPSA) is 148 Å². The molecule has 0 aliphatic carbocycles. The predicted octanol–water partition coefficient (Wildman–Crippen LogP) is -1.47. The van der Waals surface area contributed by atoms with Crippen molar-refractivity contribution in [3.8, 4) is 0 Å². The van der Waals surface area contributed by atoms with E-state index in [4.69, 9.17) is 15.6 Å². The summed E-state index contributed by atoms with van der Waals surface area (Å²) in [5.74, 6) is -1.32. The van der Waals surface area contributed by atoms with Crippen LogP contribution in [0, 0.1) is 0 Å². The molecule has 16 heavy (non-hydrogen) atoms. The van der Waals surface area contributed by atoms with Gasteiger partial charge in [0.05, 0.1) is 0 Å². The summed E-state index contributed by atoms with van der Waals surface area (Å²) in [6, 6.07) is 0. The Morgan fingerprint density at radius 2 is 0.750 bits per heavy atom. The van der Waals surface area contributed by atoms with Crippen LogP contribution in [0.5, 0.6) is 0 Å². The van der Waals surface area contributed by atoms with E-state index in [2.05, 4.69) is 0 Å². The molecule has 0 aromatic rings. The summed E-state index contributed by atoms with van der Waals surface area (Å²) in [4.78, 5) is 28.4. The van der Waals surface area contributed by atoms with Gasteiger partial charge in [0, 0.05) is 37.8 Å². The second kappa shape index (κ2) is 19.4. The van der Waals surface area contributed by atoms with Crippen molar-refractivity contribution in [1.29, 1.82) is 0 Å². The van der Waals surface area contributed by atoms with Crippen LogP contribution in [-0.2, 0) is 31.5 Å². The molecule has 0 saturated carbocycles. The molecule has 9 nitrogen and oxygen atoms in total.